The van der Waals surface area contributed by atoms with Gasteiger partial charge in [0.05, 0.1) is 5.69 Å². The van der Waals surface area contributed by atoms with E-state index in [9.17, 15) is 18.4 Å². The number of nitrogens with one attached hydrogen (secondary N) is 2. The molecule has 1 heterocycles. The van der Waals surface area contributed by atoms with E-state index in [1.54, 1.807) is 0 Å². The summed E-state index contributed by atoms with van der Waals surface area (Å²) < 4.78 is 25.6. The highest BCUT2D eigenvalue weighted by molar-refractivity contribution is 5.58. The van der Waals surface area contributed by atoms with Crippen LogP contribution in [0.25, 0.3) is 11.3 Å². The van der Waals surface area contributed by atoms with Crippen LogP contribution in [0.15, 0.2) is 33.9 Å². The second-order valence-electron chi connectivity index (χ2n) is 3.13. The van der Waals surface area contributed by atoms with E-state index < -0.39 is 22.9 Å². The van der Waals surface area contributed by atoms with Gasteiger partial charge < -0.3 is 4.98 Å². The van der Waals surface area contributed by atoms with Gasteiger partial charge >= 0.3 is 5.69 Å². The van der Waals surface area contributed by atoms with E-state index >= 15 is 0 Å². The van der Waals surface area contributed by atoms with E-state index in [4.69, 9.17) is 0 Å². The van der Waals surface area contributed by atoms with Crippen LogP contribution in [0.4, 0.5) is 8.78 Å². The SMILES string of the molecule is O=c1cc(-c2ccc(F)c(F)c2)[nH]c(=O)[nH]1. The predicted octanol–water partition coefficient (Wildman–Crippen LogP) is 1.01. The number of aromatic nitrogens is 2. The van der Waals surface area contributed by atoms with Crippen molar-refractivity contribution in [3.8, 4) is 11.3 Å². The smallest absolute Gasteiger partial charge is 0.307 e. The molecule has 2 aromatic rings. The van der Waals surface area contributed by atoms with Gasteiger partial charge in [-0.2, -0.15) is 0 Å². The molecular weight excluding hydrogens is 218 g/mol. The molecule has 2 rings (SSSR count). The van der Waals surface area contributed by atoms with Gasteiger partial charge in [0, 0.05) is 11.6 Å². The van der Waals surface area contributed by atoms with Crippen LogP contribution in [-0.2, 0) is 0 Å². The third-order valence-corrected chi connectivity index (χ3v) is 1.99. The van der Waals surface area contributed by atoms with Crippen LogP contribution in [0.2, 0.25) is 0 Å². The minimum absolute atomic E-state index is 0.132. The highest BCUT2D eigenvalue weighted by Crippen LogP contribution is 2.17. The third kappa shape index (κ3) is 1.90. The summed E-state index contributed by atoms with van der Waals surface area (Å²) in [6, 6.07) is 4.18. The van der Waals surface area contributed by atoms with Crippen molar-refractivity contribution < 1.29 is 8.78 Å². The minimum Gasteiger partial charge on any atom is -0.307 e. The van der Waals surface area contributed by atoms with E-state index in [0.29, 0.717) is 0 Å². The van der Waals surface area contributed by atoms with Crippen molar-refractivity contribution in [2.24, 2.45) is 0 Å². The molecule has 0 spiro atoms. The summed E-state index contributed by atoms with van der Waals surface area (Å²) in [6.07, 6.45) is 0. The average molecular weight is 224 g/mol. The zero-order valence-electron chi connectivity index (χ0n) is 7.88. The van der Waals surface area contributed by atoms with E-state index in [1.165, 1.54) is 6.07 Å². The Labute approximate surface area is 87.6 Å². The maximum Gasteiger partial charge on any atom is 0.326 e. The van der Waals surface area contributed by atoms with Crippen molar-refractivity contribution in [3.63, 3.8) is 0 Å². The Kier molecular flexibility index (Phi) is 2.40. The molecule has 0 saturated carbocycles. The summed E-state index contributed by atoms with van der Waals surface area (Å²) >= 11 is 0. The van der Waals surface area contributed by atoms with Gasteiger partial charge in [-0.15, -0.1) is 0 Å². The first kappa shape index (κ1) is 10.3. The predicted molar refractivity (Wildman–Crippen MR) is 53.0 cm³/mol. The largest absolute Gasteiger partial charge is 0.326 e. The fourth-order valence-corrected chi connectivity index (χ4v) is 1.29. The van der Waals surface area contributed by atoms with Crippen LogP contribution in [0.3, 0.4) is 0 Å². The van der Waals surface area contributed by atoms with Crippen molar-refractivity contribution in [2.75, 3.05) is 0 Å². The molecule has 0 atom stereocenters. The second kappa shape index (κ2) is 3.73. The Morgan fingerprint density at radius 1 is 0.938 bits per heavy atom. The lowest BCUT2D eigenvalue weighted by Gasteiger charge is -2.00. The molecule has 0 unspecified atom stereocenters. The normalized spacial score (nSPS) is 10.4. The lowest BCUT2D eigenvalue weighted by molar-refractivity contribution is 0.509. The summed E-state index contributed by atoms with van der Waals surface area (Å²) in [4.78, 5) is 26.2. The molecule has 0 saturated heterocycles. The molecule has 0 bridgehead atoms. The topological polar surface area (TPSA) is 65.7 Å². The summed E-state index contributed by atoms with van der Waals surface area (Å²) in [5, 5.41) is 0. The summed E-state index contributed by atoms with van der Waals surface area (Å²) in [5.41, 5.74) is -0.953. The van der Waals surface area contributed by atoms with Crippen molar-refractivity contribution in [3.05, 3.63) is 56.7 Å². The molecular formula is C10H6F2N2O2. The van der Waals surface area contributed by atoms with Gasteiger partial charge in [-0.3, -0.25) is 9.78 Å². The van der Waals surface area contributed by atoms with Crippen LogP contribution in [0.1, 0.15) is 0 Å². The van der Waals surface area contributed by atoms with Crippen molar-refractivity contribution in [1.29, 1.82) is 0 Å². The minimum atomic E-state index is -1.04. The summed E-state index contributed by atoms with van der Waals surface area (Å²) in [6.45, 7) is 0. The molecule has 0 aliphatic heterocycles. The average Bonchev–Trinajstić information content (AvgIpc) is 2.20. The molecule has 6 heteroatoms. The fourth-order valence-electron chi connectivity index (χ4n) is 1.29. The number of hydrogen-bond donors (Lipinski definition) is 2. The molecule has 1 aromatic carbocycles. The lowest BCUT2D eigenvalue weighted by Crippen LogP contribution is -2.21. The standard InChI is InChI=1S/C10H6F2N2O2/c11-6-2-1-5(3-7(6)12)8-4-9(15)14-10(16)13-8/h1-4H,(H2,13,14,15,16). The van der Waals surface area contributed by atoms with Crippen molar-refractivity contribution in [1.82, 2.24) is 9.97 Å². The number of H-pyrrole nitrogens is 2. The van der Waals surface area contributed by atoms with Gasteiger partial charge in [0.25, 0.3) is 5.56 Å². The van der Waals surface area contributed by atoms with Gasteiger partial charge in [-0.1, -0.05) is 0 Å². The highest BCUT2D eigenvalue weighted by atomic mass is 19.2. The Morgan fingerprint density at radius 3 is 2.31 bits per heavy atom. The molecule has 4 nitrogen and oxygen atoms in total. The molecule has 1 aromatic heterocycles. The first-order valence-corrected chi connectivity index (χ1v) is 4.35. The number of aromatic amines is 2. The zero-order valence-corrected chi connectivity index (χ0v) is 7.88. The first-order chi connectivity index (χ1) is 7.56. The van der Waals surface area contributed by atoms with Crippen molar-refractivity contribution >= 4 is 0 Å². The fraction of sp³-hybridized carbons (Fsp3) is 0. The molecule has 82 valence electrons. The van der Waals surface area contributed by atoms with Crippen LogP contribution in [0, 0.1) is 11.6 Å². The summed E-state index contributed by atoms with van der Waals surface area (Å²) in [5.74, 6) is -2.03. The van der Waals surface area contributed by atoms with Gasteiger partial charge in [0.15, 0.2) is 11.6 Å². The number of benzene rings is 1. The quantitative estimate of drug-likeness (QED) is 0.759. The van der Waals surface area contributed by atoms with E-state index in [2.05, 4.69) is 4.98 Å². The lowest BCUT2D eigenvalue weighted by atomic mass is 10.1. The maximum atomic E-state index is 12.9. The molecule has 0 aliphatic carbocycles. The van der Waals surface area contributed by atoms with Gasteiger partial charge in [0.1, 0.15) is 0 Å². The molecule has 0 radical (unpaired) electrons. The Bertz CT molecular complexity index is 618. The Morgan fingerprint density at radius 2 is 1.69 bits per heavy atom. The third-order valence-electron chi connectivity index (χ3n) is 1.99. The van der Waals surface area contributed by atoms with Gasteiger partial charge in [0.2, 0.25) is 0 Å². The molecule has 0 amide bonds. The number of halogens is 2. The monoisotopic (exact) mass is 224 g/mol. The molecule has 0 fully saturated rings. The second-order valence-corrected chi connectivity index (χ2v) is 3.13. The van der Waals surface area contributed by atoms with E-state index in [-0.39, 0.29) is 11.3 Å². The summed E-state index contributed by atoms with van der Waals surface area (Å²) in [7, 11) is 0. The highest BCUT2D eigenvalue weighted by Gasteiger charge is 2.05. The van der Waals surface area contributed by atoms with Crippen molar-refractivity contribution in [2.45, 2.75) is 0 Å². The van der Waals surface area contributed by atoms with E-state index in [1.807, 2.05) is 4.98 Å². The van der Waals surface area contributed by atoms with Crippen LogP contribution < -0.4 is 11.2 Å². The maximum absolute atomic E-state index is 12.9. The van der Waals surface area contributed by atoms with Crippen LogP contribution >= 0.6 is 0 Å². The molecule has 2 N–H and O–H groups in total. The van der Waals surface area contributed by atoms with Gasteiger partial charge in [-0.05, 0) is 18.2 Å². The Balaban J connectivity index is 2.63. The molecule has 0 aliphatic rings. The zero-order chi connectivity index (χ0) is 11.7. The Hall–Kier alpha value is -2.24. The first-order valence-electron chi connectivity index (χ1n) is 4.35. The number of hydrogen-bond acceptors (Lipinski definition) is 2. The van der Waals surface area contributed by atoms with Crippen LogP contribution in [-0.4, -0.2) is 9.97 Å². The van der Waals surface area contributed by atoms with E-state index in [0.717, 1.165) is 18.2 Å². The van der Waals surface area contributed by atoms with Gasteiger partial charge in [-0.25, -0.2) is 13.6 Å². The number of rotatable bonds is 1. The van der Waals surface area contributed by atoms with Crippen LogP contribution in [0.5, 0.6) is 0 Å². The molecule has 16 heavy (non-hydrogen) atoms.